The lowest BCUT2D eigenvalue weighted by Gasteiger charge is -2.20. The number of hydrogen-bond acceptors (Lipinski definition) is 4. The zero-order valence-corrected chi connectivity index (χ0v) is 18.9. The Hall–Kier alpha value is -1.06. The summed E-state index contributed by atoms with van der Waals surface area (Å²) in [5, 5.41) is 7.61. The average Bonchev–Trinajstić information content (AvgIpc) is 3.11. The van der Waals surface area contributed by atoms with E-state index in [-0.39, 0.29) is 24.0 Å². The van der Waals surface area contributed by atoms with Crippen LogP contribution in [0.4, 0.5) is 5.82 Å². The SMILES string of the molecule is CCNC(=NCCC1=CCOCC1)NC1CCN(c2ncccc2Cl)C1.I. The normalized spacial score (nSPS) is 20.1. The molecule has 0 amide bonds. The topological polar surface area (TPSA) is 61.8 Å². The second-order valence-corrected chi connectivity index (χ2v) is 6.99. The van der Waals surface area contributed by atoms with E-state index in [1.165, 1.54) is 5.57 Å². The predicted molar refractivity (Wildman–Crippen MR) is 123 cm³/mol. The molecule has 27 heavy (non-hydrogen) atoms. The van der Waals surface area contributed by atoms with Crippen molar-refractivity contribution in [2.45, 2.75) is 32.2 Å². The Labute approximate surface area is 183 Å². The van der Waals surface area contributed by atoms with E-state index < -0.39 is 0 Å². The van der Waals surface area contributed by atoms with Gasteiger partial charge in [0, 0.05) is 38.4 Å². The molecule has 1 atom stereocenters. The maximum atomic E-state index is 6.27. The van der Waals surface area contributed by atoms with Crippen LogP contribution in [0.15, 0.2) is 35.0 Å². The van der Waals surface area contributed by atoms with Crippen LogP contribution in [0, 0.1) is 0 Å². The maximum absolute atomic E-state index is 6.27. The lowest BCUT2D eigenvalue weighted by molar-refractivity contribution is 0.153. The third kappa shape index (κ3) is 6.80. The molecule has 8 heteroatoms. The summed E-state index contributed by atoms with van der Waals surface area (Å²) in [6, 6.07) is 4.09. The molecule has 0 spiro atoms. The van der Waals surface area contributed by atoms with Crippen molar-refractivity contribution < 1.29 is 4.74 Å². The van der Waals surface area contributed by atoms with Crippen LogP contribution < -0.4 is 15.5 Å². The van der Waals surface area contributed by atoms with Gasteiger partial charge in [-0.15, -0.1) is 24.0 Å². The average molecular weight is 506 g/mol. The zero-order chi connectivity index (χ0) is 18.2. The number of halogens is 2. The molecule has 0 aliphatic carbocycles. The lowest BCUT2D eigenvalue weighted by Crippen LogP contribution is -2.44. The van der Waals surface area contributed by atoms with E-state index in [1.54, 1.807) is 6.20 Å². The summed E-state index contributed by atoms with van der Waals surface area (Å²) >= 11 is 6.27. The number of nitrogens with zero attached hydrogens (tertiary/aromatic N) is 3. The largest absolute Gasteiger partial charge is 0.377 e. The molecular formula is C19H29ClIN5O. The van der Waals surface area contributed by atoms with Gasteiger partial charge in [0.05, 0.1) is 18.2 Å². The fourth-order valence-corrected chi connectivity index (χ4v) is 3.54. The number of anilines is 1. The quantitative estimate of drug-likeness (QED) is 0.269. The van der Waals surface area contributed by atoms with Crippen LogP contribution in [-0.4, -0.2) is 56.4 Å². The summed E-state index contributed by atoms with van der Waals surface area (Å²) in [4.78, 5) is 11.4. The molecule has 0 aromatic carbocycles. The van der Waals surface area contributed by atoms with Crippen LogP contribution in [0.5, 0.6) is 0 Å². The Balaban J connectivity index is 0.00000261. The van der Waals surface area contributed by atoms with E-state index in [0.717, 1.165) is 70.4 Å². The number of guanidine groups is 1. The molecule has 1 fully saturated rings. The van der Waals surface area contributed by atoms with Crippen LogP contribution in [0.25, 0.3) is 0 Å². The fourth-order valence-electron chi connectivity index (χ4n) is 3.30. The van der Waals surface area contributed by atoms with E-state index in [2.05, 4.69) is 33.5 Å². The molecule has 2 aliphatic heterocycles. The zero-order valence-electron chi connectivity index (χ0n) is 15.8. The Kier molecular flexibility index (Phi) is 9.64. The molecule has 0 bridgehead atoms. The van der Waals surface area contributed by atoms with Crippen molar-refractivity contribution in [2.24, 2.45) is 4.99 Å². The number of nitrogens with one attached hydrogen (secondary N) is 2. The van der Waals surface area contributed by atoms with Crippen molar-refractivity contribution in [3.8, 4) is 0 Å². The van der Waals surface area contributed by atoms with Gasteiger partial charge in [0.25, 0.3) is 0 Å². The van der Waals surface area contributed by atoms with Crippen molar-refractivity contribution in [1.29, 1.82) is 0 Å². The minimum absolute atomic E-state index is 0. The standard InChI is InChI=1S/C19H28ClN5O.HI/c1-2-21-19(23-10-5-15-7-12-26-13-8-15)24-16-6-11-25(14-16)18-17(20)4-3-9-22-18;/h3-4,7,9,16H,2,5-6,8,10-14H2,1H3,(H2,21,23,24);1H. The minimum atomic E-state index is 0. The van der Waals surface area contributed by atoms with Gasteiger partial charge in [0.2, 0.25) is 0 Å². The highest BCUT2D eigenvalue weighted by molar-refractivity contribution is 14.0. The van der Waals surface area contributed by atoms with Crippen molar-refractivity contribution in [2.75, 3.05) is 44.3 Å². The number of pyridine rings is 1. The van der Waals surface area contributed by atoms with Gasteiger partial charge in [-0.05, 0) is 38.3 Å². The highest BCUT2D eigenvalue weighted by Crippen LogP contribution is 2.25. The van der Waals surface area contributed by atoms with Crippen LogP contribution in [-0.2, 0) is 4.74 Å². The highest BCUT2D eigenvalue weighted by Gasteiger charge is 2.25. The van der Waals surface area contributed by atoms with Gasteiger partial charge in [-0.1, -0.05) is 23.3 Å². The second kappa shape index (κ2) is 11.7. The summed E-state index contributed by atoms with van der Waals surface area (Å²) in [6.45, 7) is 7.14. The number of aromatic nitrogens is 1. The Morgan fingerprint density at radius 2 is 2.37 bits per heavy atom. The van der Waals surface area contributed by atoms with Gasteiger partial charge in [-0.25, -0.2) is 4.98 Å². The Morgan fingerprint density at radius 3 is 3.11 bits per heavy atom. The summed E-state index contributed by atoms with van der Waals surface area (Å²) in [7, 11) is 0. The first-order valence-electron chi connectivity index (χ1n) is 9.42. The lowest BCUT2D eigenvalue weighted by atomic mass is 10.1. The molecule has 1 saturated heterocycles. The maximum Gasteiger partial charge on any atom is 0.191 e. The molecule has 1 aromatic rings. The second-order valence-electron chi connectivity index (χ2n) is 6.58. The van der Waals surface area contributed by atoms with E-state index in [0.29, 0.717) is 11.1 Å². The van der Waals surface area contributed by atoms with Crippen LogP contribution in [0.2, 0.25) is 5.02 Å². The summed E-state index contributed by atoms with van der Waals surface area (Å²) in [6.07, 6.45) is 7.05. The van der Waals surface area contributed by atoms with E-state index in [9.17, 15) is 0 Å². The van der Waals surface area contributed by atoms with Gasteiger partial charge >= 0.3 is 0 Å². The van der Waals surface area contributed by atoms with Gasteiger partial charge in [0.1, 0.15) is 5.82 Å². The molecular weight excluding hydrogens is 477 g/mol. The van der Waals surface area contributed by atoms with Crippen molar-refractivity contribution in [1.82, 2.24) is 15.6 Å². The minimum Gasteiger partial charge on any atom is -0.377 e. The molecule has 3 rings (SSSR count). The van der Waals surface area contributed by atoms with Crippen LogP contribution in [0.1, 0.15) is 26.2 Å². The van der Waals surface area contributed by atoms with Crippen molar-refractivity contribution in [3.63, 3.8) is 0 Å². The van der Waals surface area contributed by atoms with Crippen molar-refractivity contribution in [3.05, 3.63) is 35.0 Å². The van der Waals surface area contributed by atoms with Crippen LogP contribution >= 0.6 is 35.6 Å². The molecule has 1 aromatic heterocycles. The summed E-state index contributed by atoms with van der Waals surface area (Å²) in [5.74, 6) is 1.76. The van der Waals surface area contributed by atoms with E-state index >= 15 is 0 Å². The molecule has 3 heterocycles. The number of aliphatic imine (C=N–C) groups is 1. The molecule has 1 unspecified atom stereocenters. The summed E-state index contributed by atoms with van der Waals surface area (Å²) in [5.41, 5.74) is 1.45. The molecule has 2 N–H and O–H groups in total. The first kappa shape index (κ1) is 22.2. The van der Waals surface area contributed by atoms with Gasteiger partial charge in [-0.3, -0.25) is 4.99 Å². The third-order valence-electron chi connectivity index (χ3n) is 4.67. The van der Waals surface area contributed by atoms with E-state index in [1.807, 2.05) is 12.1 Å². The molecule has 150 valence electrons. The first-order chi connectivity index (χ1) is 12.8. The summed E-state index contributed by atoms with van der Waals surface area (Å²) < 4.78 is 5.35. The number of rotatable bonds is 6. The van der Waals surface area contributed by atoms with Crippen LogP contribution in [0.3, 0.4) is 0 Å². The molecule has 0 radical (unpaired) electrons. The predicted octanol–water partition coefficient (Wildman–Crippen LogP) is 3.22. The monoisotopic (exact) mass is 505 g/mol. The smallest absolute Gasteiger partial charge is 0.191 e. The number of hydrogen-bond donors (Lipinski definition) is 2. The molecule has 0 saturated carbocycles. The number of ether oxygens (including phenoxy) is 1. The molecule has 2 aliphatic rings. The molecule has 6 nitrogen and oxygen atoms in total. The van der Waals surface area contributed by atoms with Gasteiger partial charge in [-0.2, -0.15) is 0 Å². The third-order valence-corrected chi connectivity index (χ3v) is 4.97. The fraction of sp³-hybridized carbons (Fsp3) is 0.579. The van der Waals surface area contributed by atoms with E-state index in [4.69, 9.17) is 21.3 Å². The Bertz CT molecular complexity index is 655. The van der Waals surface area contributed by atoms with Gasteiger partial charge < -0.3 is 20.3 Å². The van der Waals surface area contributed by atoms with Crippen molar-refractivity contribution >= 4 is 47.4 Å². The van der Waals surface area contributed by atoms with Gasteiger partial charge in [0.15, 0.2) is 5.96 Å². The highest BCUT2D eigenvalue weighted by atomic mass is 127. The first-order valence-corrected chi connectivity index (χ1v) is 9.80. The Morgan fingerprint density at radius 1 is 1.48 bits per heavy atom.